The summed E-state index contributed by atoms with van der Waals surface area (Å²) in [6, 6.07) is 0.763. The molecule has 2 atom stereocenters. The van der Waals surface area contributed by atoms with Crippen LogP contribution in [0.25, 0.3) is 0 Å². The Morgan fingerprint density at radius 3 is 3.11 bits per heavy atom. The summed E-state index contributed by atoms with van der Waals surface area (Å²) in [6.45, 7) is 6.55. The van der Waals surface area contributed by atoms with Crippen LogP contribution in [0.5, 0.6) is 0 Å². The van der Waals surface area contributed by atoms with Crippen LogP contribution in [0.15, 0.2) is 12.4 Å². The van der Waals surface area contributed by atoms with Gasteiger partial charge in [0.25, 0.3) is 0 Å². The van der Waals surface area contributed by atoms with Crippen LogP contribution in [0.3, 0.4) is 0 Å². The second-order valence-electron chi connectivity index (χ2n) is 5.64. The molecular formula is C14H22N4. The zero-order valence-corrected chi connectivity index (χ0v) is 11.1. The standard InChI is InChI=1S/C14H22N4/c1-11-7-17-13(8-16-11)10-18-6-4-14-12(9-18)3-2-5-15-14/h7-8,12,14-15H,2-6,9-10H2,1H3/t12-,14+/m1/s1. The molecule has 18 heavy (non-hydrogen) atoms. The molecule has 0 amide bonds. The molecule has 0 unspecified atom stereocenters. The molecule has 1 aromatic heterocycles. The quantitative estimate of drug-likeness (QED) is 0.855. The van der Waals surface area contributed by atoms with Crippen molar-refractivity contribution in [3.8, 4) is 0 Å². The van der Waals surface area contributed by atoms with Gasteiger partial charge in [-0.15, -0.1) is 0 Å². The predicted molar refractivity (Wildman–Crippen MR) is 71.2 cm³/mol. The molecule has 0 radical (unpaired) electrons. The first-order valence-electron chi connectivity index (χ1n) is 7.04. The fraction of sp³-hybridized carbons (Fsp3) is 0.714. The number of fused-ring (bicyclic) bond motifs is 1. The number of rotatable bonds is 2. The van der Waals surface area contributed by atoms with E-state index in [4.69, 9.17) is 0 Å². The van der Waals surface area contributed by atoms with Gasteiger partial charge in [0, 0.05) is 38.1 Å². The largest absolute Gasteiger partial charge is 0.314 e. The minimum absolute atomic E-state index is 0.763. The Balaban J connectivity index is 1.59. The average Bonchev–Trinajstić information content (AvgIpc) is 2.41. The van der Waals surface area contributed by atoms with Crippen LogP contribution in [-0.4, -0.2) is 40.5 Å². The van der Waals surface area contributed by atoms with Gasteiger partial charge in [-0.05, 0) is 38.6 Å². The van der Waals surface area contributed by atoms with Crippen LogP contribution in [0.1, 0.15) is 30.7 Å². The van der Waals surface area contributed by atoms with Gasteiger partial charge in [0.15, 0.2) is 0 Å². The van der Waals surface area contributed by atoms with E-state index in [1.54, 1.807) is 0 Å². The van der Waals surface area contributed by atoms with Crippen molar-refractivity contribution in [2.24, 2.45) is 5.92 Å². The SMILES string of the molecule is Cc1cnc(CN2CC[C@@H]3NCCC[C@@H]3C2)cn1. The molecule has 0 spiro atoms. The number of piperidine rings is 2. The number of nitrogens with zero attached hydrogens (tertiary/aromatic N) is 3. The molecule has 2 aliphatic heterocycles. The number of hydrogen-bond acceptors (Lipinski definition) is 4. The molecule has 1 aromatic rings. The third kappa shape index (κ3) is 2.70. The van der Waals surface area contributed by atoms with Gasteiger partial charge in [-0.2, -0.15) is 0 Å². The van der Waals surface area contributed by atoms with Crippen molar-refractivity contribution >= 4 is 0 Å². The molecule has 2 aliphatic rings. The first-order chi connectivity index (χ1) is 8.81. The van der Waals surface area contributed by atoms with Gasteiger partial charge < -0.3 is 5.32 Å². The van der Waals surface area contributed by atoms with Crippen molar-refractivity contribution in [1.82, 2.24) is 20.2 Å². The number of aryl methyl sites for hydroxylation is 1. The minimum atomic E-state index is 0.763. The van der Waals surface area contributed by atoms with Crippen molar-refractivity contribution in [3.05, 3.63) is 23.8 Å². The van der Waals surface area contributed by atoms with Gasteiger partial charge in [-0.25, -0.2) is 0 Å². The average molecular weight is 246 g/mol. The monoisotopic (exact) mass is 246 g/mol. The van der Waals surface area contributed by atoms with Gasteiger partial charge >= 0.3 is 0 Å². The van der Waals surface area contributed by atoms with Crippen LogP contribution in [0, 0.1) is 12.8 Å². The molecule has 0 aromatic carbocycles. The summed E-state index contributed by atoms with van der Waals surface area (Å²) in [7, 11) is 0. The van der Waals surface area contributed by atoms with E-state index in [0.717, 1.165) is 29.9 Å². The molecule has 3 heterocycles. The maximum absolute atomic E-state index is 4.46. The lowest BCUT2D eigenvalue weighted by molar-refractivity contribution is 0.108. The Kier molecular flexibility index (Phi) is 3.57. The molecule has 3 rings (SSSR count). The maximum Gasteiger partial charge on any atom is 0.0727 e. The zero-order valence-electron chi connectivity index (χ0n) is 11.1. The summed E-state index contributed by atoms with van der Waals surface area (Å²) < 4.78 is 0. The van der Waals surface area contributed by atoms with E-state index in [2.05, 4.69) is 20.2 Å². The van der Waals surface area contributed by atoms with E-state index in [1.807, 2.05) is 19.3 Å². The van der Waals surface area contributed by atoms with E-state index in [-0.39, 0.29) is 0 Å². The fourth-order valence-electron chi connectivity index (χ4n) is 3.19. The lowest BCUT2D eigenvalue weighted by Crippen LogP contribution is -2.51. The number of nitrogens with one attached hydrogen (secondary N) is 1. The van der Waals surface area contributed by atoms with E-state index in [9.17, 15) is 0 Å². The first kappa shape index (κ1) is 12.1. The van der Waals surface area contributed by atoms with Crippen molar-refractivity contribution in [2.75, 3.05) is 19.6 Å². The molecule has 2 saturated heterocycles. The molecule has 4 heteroatoms. The summed E-state index contributed by atoms with van der Waals surface area (Å²) in [5.74, 6) is 0.839. The lowest BCUT2D eigenvalue weighted by Gasteiger charge is -2.41. The van der Waals surface area contributed by atoms with Gasteiger partial charge in [0.1, 0.15) is 0 Å². The van der Waals surface area contributed by atoms with Crippen LogP contribution < -0.4 is 5.32 Å². The molecule has 0 bridgehead atoms. The third-order valence-corrected chi connectivity index (χ3v) is 4.20. The Bertz CT molecular complexity index is 389. The second kappa shape index (κ2) is 5.33. The molecule has 1 N–H and O–H groups in total. The highest BCUT2D eigenvalue weighted by Crippen LogP contribution is 2.25. The molecule has 0 aliphatic carbocycles. The molecular weight excluding hydrogens is 224 g/mol. The number of likely N-dealkylation sites (tertiary alicyclic amines) is 1. The van der Waals surface area contributed by atoms with Gasteiger partial charge in [0.2, 0.25) is 0 Å². The van der Waals surface area contributed by atoms with Crippen LogP contribution in [0.4, 0.5) is 0 Å². The molecule has 98 valence electrons. The van der Waals surface area contributed by atoms with Crippen LogP contribution in [0.2, 0.25) is 0 Å². The highest BCUT2D eigenvalue weighted by molar-refractivity contribution is 5.01. The van der Waals surface area contributed by atoms with Gasteiger partial charge in [-0.3, -0.25) is 14.9 Å². The predicted octanol–water partition coefficient (Wildman–Crippen LogP) is 1.36. The van der Waals surface area contributed by atoms with E-state index in [1.165, 1.54) is 38.9 Å². The summed E-state index contributed by atoms with van der Waals surface area (Å²) in [5, 5.41) is 3.66. The van der Waals surface area contributed by atoms with Crippen molar-refractivity contribution in [2.45, 2.75) is 38.8 Å². The zero-order chi connectivity index (χ0) is 12.4. The summed E-state index contributed by atoms with van der Waals surface area (Å²) >= 11 is 0. The first-order valence-corrected chi connectivity index (χ1v) is 7.04. The maximum atomic E-state index is 4.46. The summed E-state index contributed by atoms with van der Waals surface area (Å²) in [5.41, 5.74) is 2.09. The van der Waals surface area contributed by atoms with E-state index >= 15 is 0 Å². The van der Waals surface area contributed by atoms with Crippen molar-refractivity contribution < 1.29 is 0 Å². The summed E-state index contributed by atoms with van der Waals surface area (Å²) in [4.78, 5) is 11.3. The topological polar surface area (TPSA) is 41.1 Å². The molecule has 4 nitrogen and oxygen atoms in total. The Hall–Kier alpha value is -1.00. The highest BCUT2D eigenvalue weighted by Gasteiger charge is 2.30. The lowest BCUT2D eigenvalue weighted by atomic mass is 9.85. The number of aromatic nitrogens is 2. The molecule has 2 fully saturated rings. The highest BCUT2D eigenvalue weighted by atomic mass is 15.2. The van der Waals surface area contributed by atoms with Crippen molar-refractivity contribution in [1.29, 1.82) is 0 Å². The van der Waals surface area contributed by atoms with Gasteiger partial charge in [0.05, 0.1) is 11.4 Å². The third-order valence-electron chi connectivity index (χ3n) is 4.20. The Labute approximate surface area is 109 Å². The van der Waals surface area contributed by atoms with E-state index < -0.39 is 0 Å². The Morgan fingerprint density at radius 2 is 2.28 bits per heavy atom. The van der Waals surface area contributed by atoms with Crippen LogP contribution >= 0.6 is 0 Å². The fourth-order valence-corrected chi connectivity index (χ4v) is 3.19. The normalized spacial score (nSPS) is 28.9. The van der Waals surface area contributed by atoms with E-state index in [0.29, 0.717) is 0 Å². The van der Waals surface area contributed by atoms with Gasteiger partial charge in [-0.1, -0.05) is 0 Å². The Morgan fingerprint density at radius 1 is 1.33 bits per heavy atom. The minimum Gasteiger partial charge on any atom is -0.314 e. The van der Waals surface area contributed by atoms with Crippen LogP contribution in [-0.2, 0) is 6.54 Å². The summed E-state index contributed by atoms with van der Waals surface area (Å²) in [6.07, 6.45) is 7.78. The van der Waals surface area contributed by atoms with Crippen molar-refractivity contribution in [3.63, 3.8) is 0 Å². The smallest absolute Gasteiger partial charge is 0.0727 e. The number of hydrogen-bond donors (Lipinski definition) is 1. The molecule has 0 saturated carbocycles. The second-order valence-corrected chi connectivity index (χ2v) is 5.64.